The van der Waals surface area contributed by atoms with Crippen LogP contribution in [0, 0.1) is 0 Å². The maximum absolute atomic E-state index is 12.5. The molecule has 0 saturated heterocycles. The number of carboxylic acids is 1. The Labute approximate surface area is 213 Å². The van der Waals surface area contributed by atoms with Gasteiger partial charge >= 0.3 is 5.97 Å². The third kappa shape index (κ3) is 10.0. The Hall–Kier alpha value is -3.14. The highest BCUT2D eigenvalue weighted by Crippen LogP contribution is 2.17. The van der Waals surface area contributed by atoms with Gasteiger partial charge in [-0.2, -0.15) is 0 Å². The van der Waals surface area contributed by atoms with Gasteiger partial charge in [0.15, 0.2) is 6.10 Å². The van der Waals surface area contributed by atoms with Crippen LogP contribution in [0.4, 0.5) is 0 Å². The highest BCUT2D eigenvalue weighted by atomic mass is 16.4. The third-order valence-corrected chi connectivity index (χ3v) is 5.53. The second-order valence-corrected chi connectivity index (χ2v) is 8.43. The summed E-state index contributed by atoms with van der Waals surface area (Å²) in [7, 11) is 0. The fraction of sp³-hybridized carbons (Fsp3) is 0.565. The van der Waals surface area contributed by atoms with Crippen LogP contribution in [0.5, 0.6) is 0 Å². The van der Waals surface area contributed by atoms with Crippen molar-refractivity contribution in [3.63, 3.8) is 0 Å². The summed E-state index contributed by atoms with van der Waals surface area (Å²) in [6, 6.07) is 2.89. The fourth-order valence-corrected chi connectivity index (χ4v) is 3.39. The van der Waals surface area contributed by atoms with E-state index in [4.69, 9.17) is 10.8 Å². The lowest BCUT2D eigenvalue weighted by molar-refractivity contribution is -0.145. The Balaban J connectivity index is 2.86. The number of hydrogen-bond acceptors (Lipinski definition) is 10. The van der Waals surface area contributed by atoms with Crippen LogP contribution in [-0.2, 0) is 19.2 Å². The van der Waals surface area contributed by atoms with Gasteiger partial charge in [0, 0.05) is 0 Å². The second-order valence-electron chi connectivity index (χ2n) is 8.43. The first-order valence-electron chi connectivity index (χ1n) is 11.7. The molecule has 0 saturated carbocycles. The number of carbonyl (C=O) groups is 4. The lowest BCUT2D eigenvalue weighted by Gasteiger charge is -2.30. The molecule has 14 heteroatoms. The van der Waals surface area contributed by atoms with Gasteiger partial charge in [-0.05, 0) is 12.0 Å². The summed E-state index contributed by atoms with van der Waals surface area (Å²) in [6.07, 6.45) is -6.19. The predicted octanol–water partition coefficient (Wildman–Crippen LogP) is -3.52. The molecule has 0 aliphatic carbocycles. The maximum atomic E-state index is 12.5. The number of aliphatic hydroxyl groups is 5. The van der Waals surface area contributed by atoms with Gasteiger partial charge in [0.05, 0.1) is 37.8 Å². The van der Waals surface area contributed by atoms with Crippen molar-refractivity contribution in [3.05, 3.63) is 35.9 Å². The van der Waals surface area contributed by atoms with Gasteiger partial charge in [0.25, 0.3) is 5.91 Å². The predicted molar refractivity (Wildman–Crippen MR) is 129 cm³/mol. The van der Waals surface area contributed by atoms with Crippen LogP contribution in [0.2, 0.25) is 0 Å². The van der Waals surface area contributed by atoms with Gasteiger partial charge in [-0.25, -0.2) is 0 Å². The minimum atomic E-state index is -2.28. The quantitative estimate of drug-likeness (QED) is 0.101. The van der Waals surface area contributed by atoms with Crippen LogP contribution in [0.15, 0.2) is 30.3 Å². The van der Waals surface area contributed by atoms with Crippen LogP contribution in [-0.4, -0.2) is 104 Å². The Bertz CT molecular complexity index is 888. The van der Waals surface area contributed by atoms with E-state index in [0.29, 0.717) is 18.4 Å². The van der Waals surface area contributed by atoms with Crippen molar-refractivity contribution >= 4 is 23.7 Å². The van der Waals surface area contributed by atoms with Crippen molar-refractivity contribution in [1.82, 2.24) is 16.0 Å². The van der Waals surface area contributed by atoms with Crippen molar-refractivity contribution in [2.24, 2.45) is 5.73 Å². The molecule has 0 radical (unpaired) electrons. The Morgan fingerprint density at radius 1 is 0.865 bits per heavy atom. The molecule has 7 atom stereocenters. The monoisotopic (exact) mass is 528 g/mol. The van der Waals surface area contributed by atoms with Crippen LogP contribution in [0.1, 0.15) is 37.8 Å². The van der Waals surface area contributed by atoms with E-state index in [9.17, 15) is 44.7 Å². The molecule has 3 amide bonds. The summed E-state index contributed by atoms with van der Waals surface area (Å²) in [5.41, 5.74) is 6.08. The summed E-state index contributed by atoms with van der Waals surface area (Å²) in [4.78, 5) is 48.2. The molecule has 1 aromatic carbocycles. The molecule has 0 unspecified atom stereocenters. The first-order chi connectivity index (χ1) is 17.5. The average molecular weight is 529 g/mol. The first kappa shape index (κ1) is 31.9. The normalized spacial score (nSPS) is 16.8. The number of aliphatic carboxylic acids is 1. The lowest BCUT2D eigenvalue weighted by Crippen LogP contribution is -2.60. The van der Waals surface area contributed by atoms with Gasteiger partial charge in [0.2, 0.25) is 11.8 Å². The Kier molecular flexibility index (Phi) is 13.7. The SMILES string of the molecule is CCC[C@H](N)C(=O)N[C@@H](CO)C(=O)N[C@@H](CO)[C@@H](O)[C@@H](O)[C@H](O)C(=O)N[C@@H](CC(=O)O)c1ccccc1. The van der Waals surface area contributed by atoms with Crippen molar-refractivity contribution in [2.45, 2.75) is 68.7 Å². The number of nitrogens with two attached hydrogens (primary N) is 1. The average Bonchev–Trinajstić information content (AvgIpc) is 2.88. The number of hydrogen-bond donors (Lipinski definition) is 10. The molecule has 0 heterocycles. The van der Waals surface area contributed by atoms with E-state index in [1.54, 1.807) is 37.3 Å². The van der Waals surface area contributed by atoms with E-state index in [1.807, 2.05) is 0 Å². The molecule has 11 N–H and O–H groups in total. The van der Waals surface area contributed by atoms with Gasteiger partial charge < -0.3 is 52.3 Å². The number of amides is 3. The van der Waals surface area contributed by atoms with E-state index in [-0.39, 0.29) is 0 Å². The van der Waals surface area contributed by atoms with Crippen molar-refractivity contribution < 1.29 is 49.8 Å². The highest BCUT2D eigenvalue weighted by Gasteiger charge is 2.37. The van der Waals surface area contributed by atoms with Crippen molar-refractivity contribution in [1.29, 1.82) is 0 Å². The fourth-order valence-electron chi connectivity index (χ4n) is 3.39. The summed E-state index contributed by atoms with van der Waals surface area (Å²) < 4.78 is 0. The number of aliphatic hydroxyl groups excluding tert-OH is 5. The number of carboxylic acid groups (broad SMARTS) is 1. The van der Waals surface area contributed by atoms with Gasteiger partial charge in [-0.3, -0.25) is 19.2 Å². The van der Waals surface area contributed by atoms with Gasteiger partial charge in [-0.1, -0.05) is 43.7 Å². The molecule has 1 aromatic rings. The second kappa shape index (κ2) is 15.9. The van der Waals surface area contributed by atoms with Crippen molar-refractivity contribution in [2.75, 3.05) is 13.2 Å². The highest BCUT2D eigenvalue weighted by molar-refractivity contribution is 5.90. The Morgan fingerprint density at radius 2 is 1.49 bits per heavy atom. The molecule has 0 aromatic heterocycles. The zero-order valence-corrected chi connectivity index (χ0v) is 20.4. The first-order valence-corrected chi connectivity index (χ1v) is 11.7. The number of rotatable bonds is 16. The Morgan fingerprint density at radius 3 is 2.00 bits per heavy atom. The summed E-state index contributed by atoms with van der Waals surface area (Å²) in [5, 5.41) is 65.9. The van der Waals surface area contributed by atoms with E-state index >= 15 is 0 Å². The molecule has 0 bridgehead atoms. The number of carbonyl (C=O) groups excluding carboxylic acids is 3. The minimum Gasteiger partial charge on any atom is -0.481 e. The molecular formula is C23H36N4O10. The molecule has 208 valence electrons. The standard InChI is InChI=1S/C23H36N4O10/c1-2-6-13(24)21(35)27-16(11-29)22(36)26-15(10-28)18(32)19(33)20(34)23(37)25-14(9-17(30)31)12-7-4-3-5-8-12/h3-5,7-8,13-16,18-20,28-29,32-34H,2,6,9-11,24H2,1H3,(H,25,37)(H,26,36)(H,27,35)(H,30,31)/t13-,14-,15-,16-,18+,19+,20-/m0/s1. The van der Waals surface area contributed by atoms with Gasteiger partial charge in [0.1, 0.15) is 18.2 Å². The van der Waals surface area contributed by atoms with Crippen LogP contribution in [0.3, 0.4) is 0 Å². The summed E-state index contributed by atoms with van der Waals surface area (Å²) in [5.74, 6) is -4.20. The van der Waals surface area contributed by atoms with Crippen LogP contribution >= 0.6 is 0 Å². The zero-order chi connectivity index (χ0) is 28.1. The topological polar surface area (TPSA) is 252 Å². The molecular weight excluding hydrogens is 492 g/mol. The van der Waals surface area contributed by atoms with E-state index < -0.39 is 85.8 Å². The molecule has 0 aliphatic heterocycles. The van der Waals surface area contributed by atoms with Gasteiger partial charge in [-0.15, -0.1) is 0 Å². The molecule has 0 fully saturated rings. The third-order valence-electron chi connectivity index (χ3n) is 5.53. The maximum Gasteiger partial charge on any atom is 0.305 e. The summed E-state index contributed by atoms with van der Waals surface area (Å²) in [6.45, 7) is -0.00130. The van der Waals surface area contributed by atoms with Crippen LogP contribution < -0.4 is 21.7 Å². The summed E-state index contributed by atoms with van der Waals surface area (Å²) >= 11 is 0. The van der Waals surface area contributed by atoms with Crippen LogP contribution in [0.25, 0.3) is 0 Å². The zero-order valence-electron chi connectivity index (χ0n) is 20.4. The smallest absolute Gasteiger partial charge is 0.305 e. The van der Waals surface area contributed by atoms with E-state index in [0.717, 1.165) is 0 Å². The molecule has 14 nitrogen and oxygen atoms in total. The molecule has 0 aliphatic rings. The van der Waals surface area contributed by atoms with E-state index in [1.165, 1.54) is 0 Å². The molecule has 37 heavy (non-hydrogen) atoms. The van der Waals surface area contributed by atoms with Crippen molar-refractivity contribution in [3.8, 4) is 0 Å². The largest absolute Gasteiger partial charge is 0.481 e. The minimum absolute atomic E-state index is 0.327. The number of nitrogens with one attached hydrogen (secondary N) is 3. The molecule has 0 spiro atoms. The molecule has 1 rings (SSSR count). The lowest BCUT2D eigenvalue weighted by atomic mass is 9.99. The number of benzene rings is 1. The van der Waals surface area contributed by atoms with E-state index in [2.05, 4.69) is 16.0 Å².